The number of rotatable bonds is 3. The molecular weight excluding hydrogens is 188 g/mol. The lowest BCUT2D eigenvalue weighted by Crippen LogP contribution is -2.31. The molecule has 0 aromatic carbocycles. The van der Waals surface area contributed by atoms with E-state index < -0.39 is 11.6 Å². The Hall–Kier alpha value is -1.23. The lowest BCUT2D eigenvalue weighted by Gasteiger charge is -2.15. The largest absolute Gasteiger partial charge is 0.361 e. The number of nitrogens with two attached hydrogens (primary N) is 1. The number of aromatic nitrogens is 1. The van der Waals surface area contributed by atoms with E-state index in [9.17, 15) is 8.78 Å². The number of hydrogen-bond acceptors (Lipinski definition) is 3. The topological polar surface area (TPSA) is 50.9 Å². The highest BCUT2D eigenvalue weighted by molar-refractivity contribution is 5.41. The predicted octanol–water partition coefficient (Wildman–Crippen LogP) is 1.26. The summed E-state index contributed by atoms with van der Waals surface area (Å²) >= 11 is 0. The van der Waals surface area contributed by atoms with Gasteiger partial charge in [-0.25, -0.2) is 13.8 Å². The molecule has 0 aliphatic heterocycles. The van der Waals surface area contributed by atoms with Gasteiger partial charge in [-0.2, -0.15) is 0 Å². The lowest BCUT2D eigenvalue weighted by atomic mass is 10.2. The summed E-state index contributed by atoms with van der Waals surface area (Å²) in [5, 5.41) is 2.90. The molecule has 1 aliphatic carbocycles. The molecular formula is C9H11F2N3. The van der Waals surface area contributed by atoms with Gasteiger partial charge < -0.3 is 11.1 Å². The molecule has 0 amide bonds. The van der Waals surface area contributed by atoms with E-state index in [4.69, 9.17) is 5.73 Å². The minimum atomic E-state index is -0.676. The van der Waals surface area contributed by atoms with Gasteiger partial charge in [0.05, 0.1) is 11.7 Å². The van der Waals surface area contributed by atoms with Crippen LogP contribution in [-0.2, 0) is 0 Å². The zero-order valence-electron chi connectivity index (χ0n) is 7.56. The van der Waals surface area contributed by atoms with Crippen molar-refractivity contribution >= 4 is 5.82 Å². The third kappa shape index (κ3) is 1.68. The summed E-state index contributed by atoms with van der Waals surface area (Å²) in [5.41, 5.74) is 5.29. The summed E-state index contributed by atoms with van der Waals surface area (Å²) in [6.45, 7) is 0.436. The molecule has 3 N–H and O–H groups in total. The minimum absolute atomic E-state index is 0.0781. The molecule has 0 saturated heterocycles. The van der Waals surface area contributed by atoms with E-state index in [0.29, 0.717) is 6.54 Å². The molecule has 0 bridgehead atoms. The van der Waals surface area contributed by atoms with E-state index in [1.54, 1.807) is 0 Å². The molecule has 1 saturated carbocycles. The van der Waals surface area contributed by atoms with Crippen molar-refractivity contribution in [2.24, 2.45) is 5.73 Å². The van der Waals surface area contributed by atoms with E-state index in [1.165, 1.54) is 0 Å². The summed E-state index contributed by atoms with van der Waals surface area (Å²) in [7, 11) is 0. The van der Waals surface area contributed by atoms with Crippen molar-refractivity contribution in [3.05, 3.63) is 23.9 Å². The van der Waals surface area contributed by atoms with Crippen molar-refractivity contribution in [1.29, 1.82) is 0 Å². The van der Waals surface area contributed by atoms with Gasteiger partial charge in [-0.3, -0.25) is 0 Å². The summed E-state index contributed by atoms with van der Waals surface area (Å²) in [6.07, 6.45) is 2.79. The zero-order valence-corrected chi connectivity index (χ0v) is 7.56. The lowest BCUT2D eigenvalue weighted by molar-refractivity contribution is 0.571. The van der Waals surface area contributed by atoms with Crippen molar-refractivity contribution in [3.8, 4) is 0 Å². The number of pyridine rings is 1. The predicted molar refractivity (Wildman–Crippen MR) is 48.8 cm³/mol. The Labute approximate surface area is 80.3 Å². The molecule has 0 spiro atoms. The van der Waals surface area contributed by atoms with Gasteiger partial charge in [0.1, 0.15) is 5.82 Å². The van der Waals surface area contributed by atoms with Crippen LogP contribution in [0.15, 0.2) is 12.3 Å². The molecule has 76 valence electrons. The molecule has 2 rings (SSSR count). The normalized spacial score (nSPS) is 17.9. The van der Waals surface area contributed by atoms with Crippen LogP contribution in [0.2, 0.25) is 0 Å². The third-order valence-electron chi connectivity index (χ3n) is 2.44. The molecule has 1 aromatic rings. The summed E-state index contributed by atoms with van der Waals surface area (Å²) < 4.78 is 25.7. The molecule has 5 heteroatoms. The molecule has 0 unspecified atom stereocenters. The first-order valence-corrected chi connectivity index (χ1v) is 4.44. The molecule has 1 aromatic heterocycles. The van der Waals surface area contributed by atoms with Gasteiger partial charge in [-0.1, -0.05) is 0 Å². The molecule has 0 atom stereocenters. The van der Waals surface area contributed by atoms with E-state index in [1.807, 2.05) is 0 Å². The second-order valence-electron chi connectivity index (χ2n) is 3.59. The van der Waals surface area contributed by atoms with Crippen molar-refractivity contribution < 1.29 is 8.78 Å². The Morgan fingerprint density at radius 2 is 2.21 bits per heavy atom. The minimum Gasteiger partial charge on any atom is -0.361 e. The Balaban J connectivity index is 2.17. The van der Waals surface area contributed by atoms with Crippen LogP contribution in [0.5, 0.6) is 0 Å². The first-order chi connectivity index (χ1) is 6.65. The van der Waals surface area contributed by atoms with Gasteiger partial charge >= 0.3 is 0 Å². The van der Waals surface area contributed by atoms with Crippen LogP contribution >= 0.6 is 0 Å². The van der Waals surface area contributed by atoms with E-state index in [0.717, 1.165) is 25.1 Å². The van der Waals surface area contributed by atoms with Crippen LogP contribution in [-0.4, -0.2) is 17.1 Å². The van der Waals surface area contributed by atoms with Crippen LogP contribution in [0.25, 0.3) is 0 Å². The monoisotopic (exact) mass is 199 g/mol. The smallest absolute Gasteiger partial charge is 0.168 e. The fourth-order valence-corrected chi connectivity index (χ4v) is 1.29. The maximum Gasteiger partial charge on any atom is 0.168 e. The van der Waals surface area contributed by atoms with Gasteiger partial charge in [0, 0.05) is 12.6 Å². The number of anilines is 1. The maximum atomic E-state index is 13.1. The summed E-state index contributed by atoms with van der Waals surface area (Å²) in [5.74, 6) is -1.27. The standard InChI is InChI=1S/C9H11F2N3/c10-6-3-7(11)8(13-4-6)14-9(5-12)1-2-9/h3-4H,1-2,5,12H2,(H,13,14). The molecule has 1 aliphatic rings. The second kappa shape index (κ2) is 3.16. The van der Waals surface area contributed by atoms with Crippen LogP contribution in [0.1, 0.15) is 12.8 Å². The first kappa shape index (κ1) is 9.33. The van der Waals surface area contributed by atoms with Gasteiger partial charge in [-0.05, 0) is 12.8 Å². The van der Waals surface area contributed by atoms with E-state index in [2.05, 4.69) is 10.3 Å². The molecule has 0 radical (unpaired) electrons. The quantitative estimate of drug-likeness (QED) is 0.770. The fraction of sp³-hybridized carbons (Fsp3) is 0.444. The SMILES string of the molecule is NCC1(Nc2ncc(F)cc2F)CC1. The van der Waals surface area contributed by atoms with E-state index in [-0.39, 0.29) is 11.4 Å². The molecule has 3 nitrogen and oxygen atoms in total. The van der Waals surface area contributed by atoms with Gasteiger partial charge in [0.15, 0.2) is 11.6 Å². The van der Waals surface area contributed by atoms with Crippen molar-refractivity contribution in [2.75, 3.05) is 11.9 Å². The van der Waals surface area contributed by atoms with Gasteiger partial charge in [0.2, 0.25) is 0 Å². The number of nitrogens with one attached hydrogen (secondary N) is 1. The van der Waals surface area contributed by atoms with Crippen LogP contribution in [0.3, 0.4) is 0 Å². The maximum absolute atomic E-state index is 13.1. The fourth-order valence-electron chi connectivity index (χ4n) is 1.29. The van der Waals surface area contributed by atoms with E-state index >= 15 is 0 Å². The summed E-state index contributed by atoms with van der Waals surface area (Å²) in [6, 6.07) is 0.807. The Morgan fingerprint density at radius 3 is 2.71 bits per heavy atom. The number of halogens is 2. The van der Waals surface area contributed by atoms with Crippen molar-refractivity contribution in [2.45, 2.75) is 18.4 Å². The number of hydrogen-bond donors (Lipinski definition) is 2. The highest BCUT2D eigenvalue weighted by Crippen LogP contribution is 2.37. The van der Waals surface area contributed by atoms with Gasteiger partial charge in [0.25, 0.3) is 0 Å². The highest BCUT2D eigenvalue weighted by atomic mass is 19.1. The average molecular weight is 199 g/mol. The van der Waals surface area contributed by atoms with Gasteiger partial charge in [-0.15, -0.1) is 0 Å². The molecule has 14 heavy (non-hydrogen) atoms. The zero-order chi connectivity index (χ0) is 10.2. The first-order valence-electron chi connectivity index (χ1n) is 4.44. The third-order valence-corrected chi connectivity index (χ3v) is 2.44. The van der Waals surface area contributed by atoms with Crippen molar-refractivity contribution in [1.82, 2.24) is 4.98 Å². The highest BCUT2D eigenvalue weighted by Gasteiger charge is 2.41. The van der Waals surface area contributed by atoms with Crippen LogP contribution < -0.4 is 11.1 Å². The Bertz CT molecular complexity index is 350. The van der Waals surface area contributed by atoms with Crippen molar-refractivity contribution in [3.63, 3.8) is 0 Å². The number of nitrogens with zero attached hydrogens (tertiary/aromatic N) is 1. The molecule has 1 fully saturated rings. The summed E-state index contributed by atoms with van der Waals surface area (Å²) in [4.78, 5) is 3.63. The van der Waals surface area contributed by atoms with Crippen LogP contribution in [0.4, 0.5) is 14.6 Å². The Morgan fingerprint density at radius 1 is 1.50 bits per heavy atom. The second-order valence-corrected chi connectivity index (χ2v) is 3.59. The Kier molecular flexibility index (Phi) is 2.11. The van der Waals surface area contributed by atoms with Crippen LogP contribution in [0, 0.1) is 11.6 Å². The molecule has 1 heterocycles. The average Bonchev–Trinajstić information content (AvgIpc) is 2.91.